The van der Waals surface area contributed by atoms with Crippen LogP contribution in [0.25, 0.3) is 0 Å². The topological polar surface area (TPSA) is 67.3 Å². The van der Waals surface area contributed by atoms with E-state index >= 15 is 0 Å². The number of aromatic nitrogens is 1. The number of carbonyl (C=O) groups excluding carboxylic acids is 1. The van der Waals surface area contributed by atoms with E-state index in [0.717, 1.165) is 51.4 Å². The molecule has 4 aliphatic rings. The molecule has 1 fully saturated rings. The van der Waals surface area contributed by atoms with Gasteiger partial charge >= 0.3 is 0 Å². The van der Waals surface area contributed by atoms with E-state index in [1.165, 1.54) is 23.5 Å². The van der Waals surface area contributed by atoms with Crippen LogP contribution in [-0.2, 0) is 6.42 Å². The van der Waals surface area contributed by atoms with Crippen LogP contribution in [0.2, 0.25) is 0 Å². The van der Waals surface area contributed by atoms with E-state index in [1.54, 1.807) is 0 Å². The molecule has 0 radical (unpaired) electrons. The van der Waals surface area contributed by atoms with Crippen LogP contribution in [0.4, 0.5) is 0 Å². The second kappa shape index (κ2) is 11.3. The highest BCUT2D eigenvalue weighted by Crippen LogP contribution is 2.34. The van der Waals surface area contributed by atoms with Gasteiger partial charge in [0.15, 0.2) is 0 Å². The predicted octanol–water partition coefficient (Wildman–Crippen LogP) is 2.93. The number of amides is 1. The van der Waals surface area contributed by atoms with Crippen LogP contribution >= 0.6 is 0 Å². The number of hydrogen-bond donors (Lipinski definition) is 1. The van der Waals surface area contributed by atoms with Gasteiger partial charge in [-0.2, -0.15) is 0 Å². The van der Waals surface area contributed by atoms with Gasteiger partial charge in [-0.15, -0.1) is 0 Å². The van der Waals surface area contributed by atoms with Gasteiger partial charge in [-0.1, -0.05) is 30.3 Å². The number of nitrogens with zero attached hydrogens (tertiary/aromatic N) is 6. The molecule has 8 nitrogen and oxygen atoms in total. The SMILES string of the molecule is CN1CCN(C2=CC=CC3=NC(CN(C)[C@H]4CCCc5cccnc54)C(CNC(=O)c4ccccc4)N23)CC1. The highest BCUT2D eigenvalue weighted by Gasteiger charge is 2.41. The number of allylic oxidation sites excluding steroid dienone is 2. The summed E-state index contributed by atoms with van der Waals surface area (Å²) in [5, 5.41) is 3.24. The number of aryl methyl sites for hydroxylation is 1. The summed E-state index contributed by atoms with van der Waals surface area (Å²) in [4.78, 5) is 32.8. The summed E-state index contributed by atoms with van der Waals surface area (Å²) in [7, 11) is 4.39. The highest BCUT2D eigenvalue weighted by molar-refractivity contribution is 5.98. The third-order valence-electron chi connectivity index (χ3n) is 8.57. The Morgan fingerprint density at radius 3 is 2.74 bits per heavy atom. The predicted molar refractivity (Wildman–Crippen MR) is 154 cm³/mol. The maximum absolute atomic E-state index is 13.1. The number of nitrogens with one attached hydrogen (secondary N) is 1. The van der Waals surface area contributed by atoms with E-state index in [-0.39, 0.29) is 24.0 Å². The summed E-state index contributed by atoms with van der Waals surface area (Å²) in [6.07, 6.45) is 11.7. The number of benzene rings is 1. The maximum atomic E-state index is 13.1. The van der Waals surface area contributed by atoms with E-state index in [2.05, 4.69) is 63.3 Å². The molecule has 8 heteroatoms. The molecule has 3 aliphatic heterocycles. The number of hydrogen-bond acceptors (Lipinski definition) is 7. The Labute approximate surface area is 231 Å². The van der Waals surface area contributed by atoms with Crippen molar-refractivity contribution in [3.8, 4) is 0 Å². The first-order valence-electron chi connectivity index (χ1n) is 14.2. The fourth-order valence-electron chi connectivity index (χ4n) is 6.38. The van der Waals surface area contributed by atoms with E-state index in [9.17, 15) is 4.79 Å². The number of aliphatic imine (C=N–C) groups is 1. The van der Waals surface area contributed by atoms with Crippen molar-refractivity contribution in [3.63, 3.8) is 0 Å². The zero-order valence-electron chi connectivity index (χ0n) is 23.0. The fraction of sp³-hybridized carbons (Fsp3) is 0.452. The van der Waals surface area contributed by atoms with Crippen molar-refractivity contribution in [1.29, 1.82) is 0 Å². The van der Waals surface area contributed by atoms with Gasteiger partial charge in [-0.3, -0.25) is 19.7 Å². The Morgan fingerprint density at radius 1 is 1.10 bits per heavy atom. The van der Waals surface area contributed by atoms with Crippen LogP contribution in [0.5, 0.6) is 0 Å². The Hall–Kier alpha value is -3.49. The van der Waals surface area contributed by atoms with Gasteiger partial charge in [-0.25, -0.2) is 0 Å². The molecule has 1 amide bonds. The highest BCUT2D eigenvalue weighted by atomic mass is 16.1. The first kappa shape index (κ1) is 25.8. The summed E-state index contributed by atoms with van der Waals surface area (Å²) < 4.78 is 0. The van der Waals surface area contributed by atoms with Crippen LogP contribution in [0.15, 0.2) is 77.7 Å². The molecule has 6 rings (SSSR count). The normalized spacial score (nSPS) is 24.7. The first-order chi connectivity index (χ1) is 19.1. The maximum Gasteiger partial charge on any atom is 0.251 e. The quantitative estimate of drug-likeness (QED) is 0.600. The second-order valence-corrected chi connectivity index (χ2v) is 11.1. The minimum Gasteiger partial charge on any atom is -0.355 e. The lowest BCUT2D eigenvalue weighted by Crippen LogP contribution is -2.54. The third-order valence-corrected chi connectivity index (χ3v) is 8.57. The van der Waals surface area contributed by atoms with E-state index in [0.29, 0.717) is 12.1 Å². The summed E-state index contributed by atoms with van der Waals surface area (Å²) in [5.74, 6) is 2.14. The van der Waals surface area contributed by atoms with Crippen molar-refractivity contribution in [3.05, 3.63) is 89.5 Å². The Kier molecular flexibility index (Phi) is 7.48. The molecule has 0 saturated carbocycles. The molecule has 1 N–H and O–H groups in total. The number of pyridine rings is 1. The van der Waals surface area contributed by atoms with Gasteiger partial charge in [-0.05, 0) is 69.3 Å². The minimum atomic E-state index is -0.0424. The standard InChI is InChI=1S/C31H39N7O/c1-35-17-19-37(20-18-35)29-15-7-14-28-34-25(22-36(2)26-13-6-11-23-12-8-16-32-30(23)26)27(38(28)29)21-33-31(39)24-9-4-3-5-10-24/h3-5,7-10,12,14-16,25-27H,6,11,13,17-22H2,1-2H3,(H,33,39)/t25?,26-,27?/m0/s1. The Morgan fingerprint density at radius 2 is 1.92 bits per heavy atom. The smallest absolute Gasteiger partial charge is 0.251 e. The zero-order valence-corrected chi connectivity index (χ0v) is 23.0. The number of rotatable bonds is 7. The van der Waals surface area contributed by atoms with Crippen LogP contribution in [0, 0.1) is 0 Å². The molecule has 204 valence electrons. The monoisotopic (exact) mass is 525 g/mol. The van der Waals surface area contributed by atoms with Crippen molar-refractivity contribution >= 4 is 11.7 Å². The molecule has 0 bridgehead atoms. The van der Waals surface area contributed by atoms with Gasteiger partial charge in [0, 0.05) is 51.0 Å². The fourth-order valence-corrected chi connectivity index (χ4v) is 6.38. The molecule has 1 saturated heterocycles. The molecule has 2 aromatic rings. The van der Waals surface area contributed by atoms with E-state index in [4.69, 9.17) is 9.98 Å². The van der Waals surface area contributed by atoms with Crippen molar-refractivity contribution in [2.24, 2.45) is 4.99 Å². The molecule has 39 heavy (non-hydrogen) atoms. The average molecular weight is 526 g/mol. The lowest BCUT2D eigenvalue weighted by Gasteiger charge is -2.42. The van der Waals surface area contributed by atoms with Gasteiger partial charge in [0.25, 0.3) is 5.91 Å². The van der Waals surface area contributed by atoms with E-state index in [1.807, 2.05) is 42.6 Å². The van der Waals surface area contributed by atoms with Crippen LogP contribution in [-0.4, -0.2) is 102 Å². The van der Waals surface area contributed by atoms with Gasteiger partial charge in [0.2, 0.25) is 0 Å². The largest absolute Gasteiger partial charge is 0.355 e. The van der Waals surface area contributed by atoms with Crippen molar-refractivity contribution in [2.75, 3.05) is 53.4 Å². The molecule has 1 aromatic carbocycles. The second-order valence-electron chi connectivity index (χ2n) is 11.1. The number of amidine groups is 1. The number of fused-ring (bicyclic) bond motifs is 2. The lowest BCUT2D eigenvalue weighted by molar-refractivity contribution is 0.0933. The summed E-state index contributed by atoms with van der Waals surface area (Å²) >= 11 is 0. The number of likely N-dealkylation sites (N-methyl/N-ethyl adjacent to an activating group) is 2. The molecule has 1 aliphatic carbocycles. The third kappa shape index (κ3) is 5.36. The van der Waals surface area contributed by atoms with Gasteiger partial charge < -0.3 is 20.0 Å². The Bertz CT molecular complexity index is 1260. The van der Waals surface area contributed by atoms with Crippen LogP contribution in [0.3, 0.4) is 0 Å². The minimum absolute atomic E-state index is 0.0220. The van der Waals surface area contributed by atoms with Gasteiger partial charge in [0.05, 0.1) is 23.8 Å². The molecule has 1 aromatic heterocycles. The molecular weight excluding hydrogens is 486 g/mol. The average Bonchev–Trinajstić information content (AvgIpc) is 3.33. The van der Waals surface area contributed by atoms with Crippen molar-refractivity contribution < 1.29 is 4.79 Å². The van der Waals surface area contributed by atoms with Gasteiger partial charge in [0.1, 0.15) is 11.7 Å². The number of piperazine rings is 1. The summed E-state index contributed by atoms with van der Waals surface area (Å²) in [6, 6.07) is 14.1. The van der Waals surface area contributed by atoms with Crippen LogP contribution in [0.1, 0.15) is 40.5 Å². The van der Waals surface area contributed by atoms with Crippen molar-refractivity contribution in [2.45, 2.75) is 37.4 Å². The molecule has 4 heterocycles. The number of carbonyl (C=O) groups is 1. The summed E-state index contributed by atoms with van der Waals surface area (Å²) in [5.41, 5.74) is 3.26. The molecule has 3 atom stereocenters. The molecular formula is C31H39N7O. The zero-order chi connectivity index (χ0) is 26.8. The van der Waals surface area contributed by atoms with Crippen LogP contribution < -0.4 is 5.32 Å². The molecule has 0 spiro atoms. The van der Waals surface area contributed by atoms with Crippen molar-refractivity contribution in [1.82, 2.24) is 29.9 Å². The van der Waals surface area contributed by atoms with E-state index < -0.39 is 0 Å². The molecule has 2 unspecified atom stereocenters. The lowest BCUT2D eigenvalue weighted by atomic mass is 9.90. The Balaban J connectivity index is 1.24. The summed E-state index contributed by atoms with van der Waals surface area (Å²) in [6.45, 7) is 5.37. The first-order valence-corrected chi connectivity index (χ1v) is 14.2.